The lowest BCUT2D eigenvalue weighted by molar-refractivity contribution is -0.132. The summed E-state index contributed by atoms with van der Waals surface area (Å²) >= 11 is 0. The van der Waals surface area contributed by atoms with Gasteiger partial charge >= 0.3 is 5.97 Å². The maximum Gasteiger partial charge on any atom is 0.330 e. The van der Waals surface area contributed by atoms with E-state index in [0.717, 1.165) is 6.04 Å². The number of hydrogen-bond donors (Lipinski definition) is 1. The largest absolute Gasteiger partial charge is 0.478 e. The van der Waals surface area contributed by atoms with Gasteiger partial charge in [-0.25, -0.2) is 4.79 Å². The van der Waals surface area contributed by atoms with Crippen LogP contribution in [0, 0.1) is 0 Å². The van der Waals surface area contributed by atoms with Gasteiger partial charge in [-0.2, -0.15) is 0 Å². The van der Waals surface area contributed by atoms with Gasteiger partial charge in [-0.05, 0) is 13.0 Å². The molecule has 0 aliphatic rings. The highest BCUT2D eigenvalue weighted by molar-refractivity contribution is 6.42. The van der Waals surface area contributed by atoms with Crippen molar-refractivity contribution in [2.24, 2.45) is 0 Å². The molecule has 74 valence electrons. The van der Waals surface area contributed by atoms with Gasteiger partial charge in [-0.3, -0.25) is 0 Å². The van der Waals surface area contributed by atoms with Crippen LogP contribution in [0.4, 0.5) is 0 Å². The number of carboxylic acid groups (broad SMARTS) is 1. The Labute approximate surface area is 86.1 Å². The van der Waals surface area contributed by atoms with Crippen LogP contribution in [0.25, 0.3) is 0 Å². The second kappa shape index (κ2) is 5.39. The Hall–Kier alpha value is -1.35. The molecule has 2 nitrogen and oxygen atoms in total. The van der Waals surface area contributed by atoms with Crippen LogP contribution in [0.15, 0.2) is 41.6 Å². The van der Waals surface area contributed by atoms with Gasteiger partial charge in [0.05, 0.1) is 9.52 Å². The molecule has 1 aromatic rings. The fourth-order valence-electron chi connectivity index (χ4n) is 1.19. The third-order valence-electron chi connectivity index (χ3n) is 2.06. The van der Waals surface area contributed by atoms with Gasteiger partial charge in [0.2, 0.25) is 0 Å². The summed E-state index contributed by atoms with van der Waals surface area (Å²) in [4.78, 5) is 10.5. The molecule has 0 aromatic heterocycles. The fourth-order valence-corrected chi connectivity index (χ4v) is 2.61. The molecule has 0 heterocycles. The Morgan fingerprint density at radius 2 is 2.07 bits per heavy atom. The van der Waals surface area contributed by atoms with E-state index < -0.39 is 15.5 Å². The minimum atomic E-state index is -0.800. The van der Waals surface area contributed by atoms with Crippen LogP contribution in [0.5, 0.6) is 0 Å². The number of carboxylic acids is 1. The summed E-state index contributed by atoms with van der Waals surface area (Å²) in [5, 5.41) is 8.63. The predicted octanol–water partition coefficient (Wildman–Crippen LogP) is 1.34. The molecule has 0 atom stereocenters. The van der Waals surface area contributed by atoms with E-state index in [1.165, 1.54) is 5.56 Å². The standard InChI is InChI=1S/C11H14O2Si/c1-9(11(12)13)7-14-8-10-5-3-2-4-6-10/h2-7H,8,14H2,1H3,(H,12,13). The molecule has 3 heteroatoms. The average Bonchev–Trinajstić information content (AvgIpc) is 2.19. The SMILES string of the molecule is CC(=C[SiH2]Cc1ccccc1)C(=O)O. The molecule has 14 heavy (non-hydrogen) atoms. The molecule has 0 amide bonds. The van der Waals surface area contributed by atoms with Crippen LogP contribution in [-0.2, 0) is 10.8 Å². The van der Waals surface area contributed by atoms with Crippen LogP contribution in [0.2, 0.25) is 0 Å². The Morgan fingerprint density at radius 3 is 2.64 bits per heavy atom. The summed E-state index contributed by atoms with van der Waals surface area (Å²) in [6, 6.07) is 11.2. The summed E-state index contributed by atoms with van der Waals surface area (Å²) in [5.74, 6) is -0.800. The molecule has 0 fully saturated rings. The zero-order valence-electron chi connectivity index (χ0n) is 8.23. The van der Waals surface area contributed by atoms with Gasteiger partial charge in [-0.15, -0.1) is 0 Å². The molecule has 0 aliphatic carbocycles. The van der Waals surface area contributed by atoms with Crippen molar-refractivity contribution in [2.45, 2.75) is 13.0 Å². The van der Waals surface area contributed by atoms with E-state index >= 15 is 0 Å². The molecular weight excluding hydrogens is 192 g/mol. The summed E-state index contributed by atoms with van der Waals surface area (Å²) < 4.78 is 0. The van der Waals surface area contributed by atoms with Crippen molar-refractivity contribution in [1.82, 2.24) is 0 Å². The average molecular weight is 206 g/mol. The molecule has 0 aliphatic heterocycles. The first-order chi connectivity index (χ1) is 6.70. The van der Waals surface area contributed by atoms with Crippen LogP contribution in [-0.4, -0.2) is 20.6 Å². The van der Waals surface area contributed by atoms with Gasteiger partial charge in [0.25, 0.3) is 0 Å². The van der Waals surface area contributed by atoms with Crippen molar-refractivity contribution in [2.75, 3.05) is 0 Å². The monoisotopic (exact) mass is 206 g/mol. The van der Waals surface area contributed by atoms with E-state index in [4.69, 9.17) is 5.11 Å². The normalized spacial score (nSPS) is 12.2. The Morgan fingerprint density at radius 1 is 1.43 bits per heavy atom. The van der Waals surface area contributed by atoms with Crippen molar-refractivity contribution >= 4 is 15.5 Å². The highest BCUT2D eigenvalue weighted by Gasteiger charge is 1.98. The molecule has 0 radical (unpaired) electrons. The minimum Gasteiger partial charge on any atom is -0.478 e. The first-order valence-corrected chi connectivity index (χ1v) is 6.46. The minimum absolute atomic E-state index is 0.420. The maximum atomic E-state index is 10.5. The zero-order valence-corrected chi connectivity index (χ0v) is 9.65. The van der Waals surface area contributed by atoms with Gasteiger partial charge in [0.15, 0.2) is 0 Å². The van der Waals surface area contributed by atoms with Gasteiger partial charge in [0.1, 0.15) is 0 Å². The highest BCUT2D eigenvalue weighted by atomic mass is 28.2. The van der Waals surface area contributed by atoms with Crippen LogP contribution < -0.4 is 0 Å². The molecule has 0 saturated heterocycles. The van der Waals surface area contributed by atoms with Crippen molar-refractivity contribution < 1.29 is 9.90 Å². The zero-order chi connectivity index (χ0) is 10.4. The van der Waals surface area contributed by atoms with Crippen molar-refractivity contribution in [3.05, 3.63) is 47.2 Å². The lowest BCUT2D eigenvalue weighted by Gasteiger charge is -1.96. The molecule has 0 unspecified atom stereocenters. The third-order valence-corrected chi connectivity index (χ3v) is 3.83. The van der Waals surface area contributed by atoms with E-state index in [-0.39, 0.29) is 0 Å². The van der Waals surface area contributed by atoms with Gasteiger partial charge in [-0.1, -0.05) is 41.6 Å². The molecule has 1 N–H and O–H groups in total. The van der Waals surface area contributed by atoms with E-state index in [1.54, 1.807) is 6.92 Å². The first-order valence-electron chi connectivity index (χ1n) is 4.64. The molecule has 1 rings (SSSR count). The van der Waals surface area contributed by atoms with Gasteiger partial charge in [0, 0.05) is 5.57 Å². The third kappa shape index (κ3) is 3.58. The topological polar surface area (TPSA) is 37.3 Å². The fraction of sp³-hybridized carbons (Fsp3) is 0.182. The molecule has 1 aromatic carbocycles. The number of aliphatic carboxylic acids is 1. The molecule has 0 saturated carbocycles. The summed E-state index contributed by atoms with van der Waals surface area (Å²) in [7, 11) is -0.420. The number of rotatable bonds is 4. The summed E-state index contributed by atoms with van der Waals surface area (Å²) in [5.41, 5.74) is 3.68. The molecule has 0 bridgehead atoms. The van der Waals surface area contributed by atoms with Crippen LogP contribution in [0.3, 0.4) is 0 Å². The van der Waals surface area contributed by atoms with Crippen molar-refractivity contribution in [3.63, 3.8) is 0 Å². The smallest absolute Gasteiger partial charge is 0.330 e. The number of carbonyl (C=O) groups is 1. The van der Waals surface area contributed by atoms with E-state index in [0.29, 0.717) is 5.57 Å². The highest BCUT2D eigenvalue weighted by Crippen LogP contribution is 1.99. The Balaban J connectivity index is 2.43. The van der Waals surface area contributed by atoms with Crippen LogP contribution >= 0.6 is 0 Å². The predicted molar refractivity (Wildman–Crippen MR) is 60.1 cm³/mol. The quantitative estimate of drug-likeness (QED) is 0.596. The lowest BCUT2D eigenvalue weighted by Crippen LogP contribution is -2.00. The molecule has 0 spiro atoms. The van der Waals surface area contributed by atoms with Crippen molar-refractivity contribution in [1.29, 1.82) is 0 Å². The first kappa shape index (κ1) is 10.7. The van der Waals surface area contributed by atoms with Crippen LogP contribution in [0.1, 0.15) is 12.5 Å². The second-order valence-corrected chi connectivity index (χ2v) is 4.70. The Kier molecular flexibility index (Phi) is 4.13. The number of benzene rings is 1. The van der Waals surface area contributed by atoms with Crippen molar-refractivity contribution in [3.8, 4) is 0 Å². The van der Waals surface area contributed by atoms with E-state index in [1.807, 2.05) is 23.9 Å². The van der Waals surface area contributed by atoms with E-state index in [2.05, 4.69) is 12.1 Å². The summed E-state index contributed by atoms with van der Waals surface area (Å²) in [6.07, 6.45) is 0. The summed E-state index contributed by atoms with van der Waals surface area (Å²) in [6.45, 7) is 1.65. The maximum absolute atomic E-state index is 10.5. The second-order valence-electron chi connectivity index (χ2n) is 3.22. The Bertz CT molecular complexity index is 330. The number of hydrogen-bond acceptors (Lipinski definition) is 1. The lowest BCUT2D eigenvalue weighted by atomic mass is 10.2. The van der Waals surface area contributed by atoms with Gasteiger partial charge < -0.3 is 5.11 Å². The molecular formula is C11H14O2Si. The van der Waals surface area contributed by atoms with E-state index in [9.17, 15) is 4.79 Å².